The molecule has 0 aromatic heterocycles. The lowest BCUT2D eigenvalue weighted by Crippen LogP contribution is -2.27. The van der Waals surface area contributed by atoms with E-state index in [2.05, 4.69) is 102 Å². The van der Waals surface area contributed by atoms with Gasteiger partial charge in [0, 0.05) is 9.89 Å². The molecule has 2 heteroatoms. The first-order valence-corrected chi connectivity index (χ1v) is 12.6. The number of fused-ring (bicyclic) bond motifs is 3. The highest BCUT2D eigenvalue weighted by Gasteiger charge is 2.43. The first-order chi connectivity index (χ1) is 16.6. The molecule has 4 rings (SSSR count). The highest BCUT2D eigenvalue weighted by Crippen LogP contribution is 2.55. The van der Waals surface area contributed by atoms with Gasteiger partial charge in [0.2, 0.25) is 0 Å². The molecule has 0 saturated heterocycles. The fourth-order valence-electron chi connectivity index (χ4n) is 4.95. The van der Waals surface area contributed by atoms with E-state index in [-0.39, 0.29) is 5.41 Å². The molecule has 0 spiro atoms. The van der Waals surface area contributed by atoms with Crippen LogP contribution in [0.3, 0.4) is 0 Å². The van der Waals surface area contributed by atoms with Gasteiger partial charge in [0.25, 0.3) is 0 Å². The minimum atomic E-state index is -0.165. The van der Waals surface area contributed by atoms with E-state index in [4.69, 9.17) is 4.74 Å². The van der Waals surface area contributed by atoms with Gasteiger partial charge in [-0.15, -0.1) is 0 Å². The Morgan fingerprint density at radius 1 is 0.912 bits per heavy atom. The molecule has 1 aliphatic rings. The lowest BCUT2D eigenvalue weighted by molar-refractivity contribution is 0.215. The highest BCUT2D eigenvalue weighted by molar-refractivity contribution is 9.10. The number of allylic oxidation sites excluding steroid dienone is 5. The van der Waals surface area contributed by atoms with Gasteiger partial charge < -0.3 is 4.74 Å². The van der Waals surface area contributed by atoms with Crippen molar-refractivity contribution in [2.75, 3.05) is 6.61 Å². The molecule has 3 aromatic carbocycles. The van der Waals surface area contributed by atoms with Crippen LogP contribution < -0.4 is 0 Å². The minimum Gasteiger partial charge on any atom is -0.494 e. The van der Waals surface area contributed by atoms with Crippen LogP contribution in [0.15, 0.2) is 126 Å². The third kappa shape index (κ3) is 4.74. The number of unbranched alkanes of at least 4 members (excludes halogenated alkanes) is 1. The predicted octanol–water partition coefficient (Wildman–Crippen LogP) is 9.15. The summed E-state index contributed by atoms with van der Waals surface area (Å²) in [5.74, 6) is 0.862. The normalized spacial score (nSPS) is 16.8. The summed E-state index contributed by atoms with van der Waals surface area (Å²) in [6.45, 7) is 10.3. The Bertz CT molecular complexity index is 1230. The summed E-state index contributed by atoms with van der Waals surface area (Å²) in [7, 11) is 0. The van der Waals surface area contributed by atoms with E-state index in [1.54, 1.807) is 6.08 Å². The average molecular weight is 512 g/mol. The van der Waals surface area contributed by atoms with Crippen LogP contribution in [0.5, 0.6) is 0 Å². The molecule has 34 heavy (non-hydrogen) atoms. The van der Waals surface area contributed by atoms with E-state index in [0.717, 1.165) is 35.1 Å². The van der Waals surface area contributed by atoms with Gasteiger partial charge >= 0.3 is 0 Å². The van der Waals surface area contributed by atoms with E-state index in [1.807, 2.05) is 25.2 Å². The average Bonchev–Trinajstić information content (AvgIpc) is 3.15. The van der Waals surface area contributed by atoms with Crippen molar-refractivity contribution in [1.29, 1.82) is 0 Å². The largest absolute Gasteiger partial charge is 0.494 e. The Morgan fingerprint density at radius 2 is 1.65 bits per heavy atom. The fourth-order valence-corrected chi connectivity index (χ4v) is 5.32. The molecule has 0 amide bonds. The molecule has 0 radical (unpaired) electrons. The molecule has 1 aliphatic carbocycles. The van der Waals surface area contributed by atoms with Gasteiger partial charge in [-0.3, -0.25) is 0 Å². The van der Waals surface area contributed by atoms with E-state index < -0.39 is 0 Å². The molecule has 0 N–H and O–H groups in total. The van der Waals surface area contributed by atoms with E-state index in [1.165, 1.54) is 27.8 Å². The summed E-state index contributed by atoms with van der Waals surface area (Å²) in [6.07, 6.45) is 10.7. The summed E-state index contributed by atoms with van der Waals surface area (Å²) in [6, 6.07) is 26.6. The molecule has 1 unspecified atom stereocenters. The molecule has 0 aliphatic heterocycles. The van der Waals surface area contributed by atoms with Crippen molar-refractivity contribution in [2.24, 2.45) is 0 Å². The topological polar surface area (TPSA) is 9.23 Å². The van der Waals surface area contributed by atoms with Crippen molar-refractivity contribution >= 4 is 15.9 Å². The maximum Gasteiger partial charge on any atom is 0.115 e. The molecule has 3 aromatic rings. The molecular weight excluding hydrogens is 480 g/mol. The van der Waals surface area contributed by atoms with E-state index in [9.17, 15) is 0 Å². The van der Waals surface area contributed by atoms with Crippen molar-refractivity contribution in [3.05, 3.63) is 143 Å². The maximum absolute atomic E-state index is 6.04. The molecule has 0 saturated carbocycles. The second-order valence-electron chi connectivity index (χ2n) is 8.62. The van der Waals surface area contributed by atoms with Gasteiger partial charge in [0.15, 0.2) is 0 Å². The standard InChI is InChI=1S/C32H31BrO/c1-4-24(3)17-19-27(5-2)34-22-12-11-21-32(25-13-7-6-8-14-25)30-16-10-9-15-28(30)29-20-18-26(33)23-31(29)32/h4-10,13-20,23H,1,3,11-12,21-22H2,2H3/b19-17-,27-5+. The monoisotopic (exact) mass is 510 g/mol. The zero-order valence-electron chi connectivity index (χ0n) is 19.8. The molecule has 1 nitrogen and oxygen atoms in total. The van der Waals surface area contributed by atoms with Crippen LogP contribution in [0.25, 0.3) is 11.1 Å². The number of ether oxygens (including phenoxy) is 1. The lowest BCUT2D eigenvalue weighted by Gasteiger charge is -2.33. The van der Waals surface area contributed by atoms with Crippen molar-refractivity contribution in [2.45, 2.75) is 31.6 Å². The van der Waals surface area contributed by atoms with Crippen LogP contribution >= 0.6 is 15.9 Å². The number of hydrogen-bond donors (Lipinski definition) is 0. The Labute approximate surface area is 212 Å². The Balaban J connectivity index is 1.59. The minimum absolute atomic E-state index is 0.165. The Hall–Kier alpha value is -3.10. The summed E-state index contributed by atoms with van der Waals surface area (Å²) in [4.78, 5) is 0. The Kier molecular flexibility index (Phi) is 7.70. The van der Waals surface area contributed by atoms with Crippen molar-refractivity contribution in [3.63, 3.8) is 0 Å². The molecule has 0 heterocycles. The number of halogens is 1. The van der Waals surface area contributed by atoms with Crippen LogP contribution in [-0.4, -0.2) is 6.61 Å². The molecule has 0 fully saturated rings. The zero-order chi connectivity index (χ0) is 24.0. The third-order valence-corrected chi connectivity index (χ3v) is 7.10. The first-order valence-electron chi connectivity index (χ1n) is 11.8. The smallest absolute Gasteiger partial charge is 0.115 e. The molecule has 0 bridgehead atoms. The summed E-state index contributed by atoms with van der Waals surface area (Å²) in [5.41, 5.74) is 7.52. The second kappa shape index (κ2) is 10.9. The number of rotatable bonds is 10. The van der Waals surface area contributed by atoms with E-state index in [0.29, 0.717) is 6.61 Å². The van der Waals surface area contributed by atoms with Crippen LogP contribution in [0, 0.1) is 0 Å². The fraction of sp³-hybridized carbons (Fsp3) is 0.188. The van der Waals surface area contributed by atoms with Crippen molar-refractivity contribution < 1.29 is 4.74 Å². The van der Waals surface area contributed by atoms with Crippen molar-refractivity contribution in [1.82, 2.24) is 0 Å². The SMILES string of the molecule is C=CC(=C)/C=C\C(=C/C)OCCCCC1(c2ccccc2)c2ccccc2-c2ccc(Br)cc21. The van der Waals surface area contributed by atoms with Gasteiger partial charge in [-0.2, -0.15) is 0 Å². The summed E-state index contributed by atoms with van der Waals surface area (Å²) >= 11 is 3.74. The number of benzene rings is 3. The van der Waals surface area contributed by atoms with Gasteiger partial charge in [0.1, 0.15) is 5.76 Å². The van der Waals surface area contributed by atoms with Gasteiger partial charge in [0.05, 0.1) is 6.61 Å². The first kappa shape index (κ1) is 24.0. The van der Waals surface area contributed by atoms with Crippen LogP contribution in [0.4, 0.5) is 0 Å². The van der Waals surface area contributed by atoms with Gasteiger partial charge in [-0.05, 0) is 83.9 Å². The van der Waals surface area contributed by atoms with Crippen LogP contribution in [-0.2, 0) is 10.2 Å². The molecular formula is C32H31BrO. The Morgan fingerprint density at radius 3 is 2.41 bits per heavy atom. The van der Waals surface area contributed by atoms with Crippen LogP contribution in [0.2, 0.25) is 0 Å². The maximum atomic E-state index is 6.04. The zero-order valence-corrected chi connectivity index (χ0v) is 21.4. The van der Waals surface area contributed by atoms with Crippen molar-refractivity contribution in [3.8, 4) is 11.1 Å². The van der Waals surface area contributed by atoms with Gasteiger partial charge in [-0.1, -0.05) is 102 Å². The molecule has 172 valence electrons. The van der Waals surface area contributed by atoms with Gasteiger partial charge in [-0.25, -0.2) is 0 Å². The summed E-state index contributed by atoms with van der Waals surface area (Å²) < 4.78 is 7.16. The quantitative estimate of drug-likeness (QED) is 0.150. The summed E-state index contributed by atoms with van der Waals surface area (Å²) in [5, 5.41) is 0. The third-order valence-electron chi connectivity index (χ3n) is 6.61. The number of hydrogen-bond acceptors (Lipinski definition) is 1. The molecule has 1 atom stereocenters. The van der Waals surface area contributed by atoms with E-state index >= 15 is 0 Å². The van der Waals surface area contributed by atoms with Crippen LogP contribution in [0.1, 0.15) is 42.9 Å². The predicted molar refractivity (Wildman–Crippen MR) is 148 cm³/mol. The lowest BCUT2D eigenvalue weighted by atomic mass is 9.69. The second-order valence-corrected chi connectivity index (χ2v) is 9.53. The highest BCUT2D eigenvalue weighted by atomic mass is 79.9.